The SMILES string of the molecule is O=C(O)c1ccc(F)c(SC2CCOC3(CCOC3)C2)c1. The molecule has 3 rings (SSSR count). The Bertz CT molecular complexity index is 542. The Morgan fingerprint density at radius 2 is 2.29 bits per heavy atom. The second-order valence-corrected chi connectivity index (χ2v) is 6.86. The fourth-order valence-corrected chi connectivity index (χ4v) is 4.19. The lowest BCUT2D eigenvalue weighted by Gasteiger charge is -2.36. The quantitative estimate of drug-likeness (QED) is 0.930. The molecule has 0 saturated carbocycles. The van der Waals surface area contributed by atoms with Crippen molar-refractivity contribution in [3.8, 4) is 0 Å². The predicted molar refractivity (Wildman–Crippen MR) is 76.4 cm³/mol. The van der Waals surface area contributed by atoms with Gasteiger partial charge in [0.25, 0.3) is 0 Å². The van der Waals surface area contributed by atoms with Crippen molar-refractivity contribution in [1.29, 1.82) is 0 Å². The molecule has 0 amide bonds. The number of rotatable bonds is 3. The van der Waals surface area contributed by atoms with E-state index < -0.39 is 5.97 Å². The first-order valence-electron chi connectivity index (χ1n) is 6.99. The maximum Gasteiger partial charge on any atom is 0.335 e. The Balaban J connectivity index is 1.74. The lowest BCUT2D eigenvalue weighted by Crippen LogP contribution is -2.41. The summed E-state index contributed by atoms with van der Waals surface area (Å²) in [4.78, 5) is 11.4. The van der Waals surface area contributed by atoms with E-state index in [-0.39, 0.29) is 22.2 Å². The summed E-state index contributed by atoms with van der Waals surface area (Å²) < 4.78 is 25.2. The molecule has 21 heavy (non-hydrogen) atoms. The number of benzene rings is 1. The van der Waals surface area contributed by atoms with E-state index in [0.29, 0.717) is 24.7 Å². The number of carboxylic acid groups (broad SMARTS) is 1. The summed E-state index contributed by atoms with van der Waals surface area (Å²) >= 11 is 1.41. The monoisotopic (exact) mass is 312 g/mol. The first kappa shape index (κ1) is 14.8. The molecule has 0 aliphatic carbocycles. The van der Waals surface area contributed by atoms with E-state index in [9.17, 15) is 9.18 Å². The average molecular weight is 312 g/mol. The molecule has 6 heteroatoms. The van der Waals surface area contributed by atoms with Crippen molar-refractivity contribution in [2.24, 2.45) is 0 Å². The molecular weight excluding hydrogens is 295 g/mol. The van der Waals surface area contributed by atoms with Crippen LogP contribution in [0, 0.1) is 5.82 Å². The molecule has 2 atom stereocenters. The van der Waals surface area contributed by atoms with Crippen molar-refractivity contribution in [2.75, 3.05) is 19.8 Å². The lowest BCUT2D eigenvalue weighted by atomic mass is 9.93. The van der Waals surface area contributed by atoms with E-state index in [1.807, 2.05) is 0 Å². The average Bonchev–Trinajstić information content (AvgIpc) is 2.89. The van der Waals surface area contributed by atoms with Gasteiger partial charge in [-0.1, -0.05) is 0 Å². The molecule has 0 bridgehead atoms. The number of hydrogen-bond acceptors (Lipinski definition) is 4. The zero-order chi connectivity index (χ0) is 14.9. The van der Waals surface area contributed by atoms with Crippen LogP contribution in [0.15, 0.2) is 23.1 Å². The van der Waals surface area contributed by atoms with Crippen molar-refractivity contribution >= 4 is 17.7 Å². The van der Waals surface area contributed by atoms with Crippen LogP contribution in [0.3, 0.4) is 0 Å². The minimum atomic E-state index is -1.04. The van der Waals surface area contributed by atoms with Gasteiger partial charge in [-0.05, 0) is 31.0 Å². The highest BCUT2D eigenvalue weighted by Crippen LogP contribution is 2.40. The van der Waals surface area contributed by atoms with E-state index in [2.05, 4.69) is 0 Å². The molecular formula is C15H17FO4S. The van der Waals surface area contributed by atoms with Gasteiger partial charge in [-0.25, -0.2) is 9.18 Å². The minimum Gasteiger partial charge on any atom is -0.478 e. The number of ether oxygens (including phenoxy) is 2. The van der Waals surface area contributed by atoms with Crippen molar-refractivity contribution in [3.63, 3.8) is 0 Å². The van der Waals surface area contributed by atoms with Crippen LogP contribution >= 0.6 is 11.8 Å². The van der Waals surface area contributed by atoms with Gasteiger partial charge in [0.2, 0.25) is 0 Å². The van der Waals surface area contributed by atoms with Crippen LogP contribution < -0.4 is 0 Å². The summed E-state index contributed by atoms with van der Waals surface area (Å²) in [6, 6.07) is 3.92. The smallest absolute Gasteiger partial charge is 0.335 e. The van der Waals surface area contributed by atoms with Gasteiger partial charge in [0.15, 0.2) is 0 Å². The normalized spacial score (nSPS) is 28.9. The molecule has 2 saturated heterocycles. The van der Waals surface area contributed by atoms with Crippen LogP contribution in [0.25, 0.3) is 0 Å². The Labute approximate surface area is 126 Å². The molecule has 2 heterocycles. The summed E-state index contributed by atoms with van der Waals surface area (Å²) in [7, 11) is 0. The summed E-state index contributed by atoms with van der Waals surface area (Å²) in [6.07, 6.45) is 2.53. The van der Waals surface area contributed by atoms with Crippen LogP contribution in [0.5, 0.6) is 0 Å². The Hall–Kier alpha value is -1.11. The third kappa shape index (κ3) is 3.22. The van der Waals surface area contributed by atoms with Crippen molar-refractivity contribution in [3.05, 3.63) is 29.6 Å². The number of carboxylic acids is 1. The molecule has 1 aromatic rings. The molecule has 2 aliphatic rings. The van der Waals surface area contributed by atoms with Gasteiger partial charge in [0.1, 0.15) is 5.82 Å². The van der Waals surface area contributed by atoms with Gasteiger partial charge in [-0.3, -0.25) is 0 Å². The summed E-state index contributed by atoms with van der Waals surface area (Å²) in [5.41, 5.74) is -0.110. The van der Waals surface area contributed by atoms with Crippen LogP contribution in [-0.2, 0) is 9.47 Å². The standard InChI is InChI=1S/C15H17FO4S/c16-12-2-1-10(14(17)18)7-13(12)21-11-3-5-20-15(8-11)4-6-19-9-15/h1-2,7,11H,3-6,8-9H2,(H,17,18). The van der Waals surface area contributed by atoms with E-state index in [0.717, 1.165) is 19.3 Å². The Morgan fingerprint density at radius 1 is 1.43 bits per heavy atom. The van der Waals surface area contributed by atoms with Crippen LogP contribution in [0.2, 0.25) is 0 Å². The van der Waals surface area contributed by atoms with Crippen LogP contribution in [0.4, 0.5) is 4.39 Å². The molecule has 2 unspecified atom stereocenters. The highest BCUT2D eigenvalue weighted by Gasteiger charge is 2.41. The van der Waals surface area contributed by atoms with Gasteiger partial charge in [0, 0.05) is 29.8 Å². The number of halogens is 1. The highest BCUT2D eigenvalue weighted by atomic mass is 32.2. The summed E-state index contributed by atoms with van der Waals surface area (Å²) in [5.74, 6) is -1.40. The summed E-state index contributed by atoms with van der Waals surface area (Å²) in [6.45, 7) is 1.95. The third-order valence-corrected chi connectivity index (χ3v) is 5.29. The lowest BCUT2D eigenvalue weighted by molar-refractivity contribution is -0.0769. The van der Waals surface area contributed by atoms with E-state index >= 15 is 0 Å². The van der Waals surface area contributed by atoms with Gasteiger partial charge >= 0.3 is 5.97 Å². The topological polar surface area (TPSA) is 55.8 Å². The number of carbonyl (C=O) groups is 1. The predicted octanol–water partition coefficient (Wildman–Crippen LogP) is 2.95. The maximum absolute atomic E-state index is 13.9. The highest BCUT2D eigenvalue weighted by molar-refractivity contribution is 8.00. The second-order valence-electron chi connectivity index (χ2n) is 5.52. The summed E-state index contributed by atoms with van der Waals surface area (Å²) in [5, 5.41) is 9.23. The number of thioether (sulfide) groups is 1. The molecule has 2 aliphatic heterocycles. The zero-order valence-electron chi connectivity index (χ0n) is 11.5. The molecule has 1 spiro atoms. The van der Waals surface area contributed by atoms with Crippen molar-refractivity contribution in [1.82, 2.24) is 0 Å². The van der Waals surface area contributed by atoms with Gasteiger partial charge in [-0.15, -0.1) is 11.8 Å². The van der Waals surface area contributed by atoms with E-state index in [4.69, 9.17) is 14.6 Å². The van der Waals surface area contributed by atoms with Crippen molar-refractivity contribution < 1.29 is 23.8 Å². The fourth-order valence-electron chi connectivity index (χ4n) is 2.85. The zero-order valence-corrected chi connectivity index (χ0v) is 12.3. The fraction of sp³-hybridized carbons (Fsp3) is 0.533. The molecule has 1 N–H and O–H groups in total. The molecule has 0 radical (unpaired) electrons. The number of hydrogen-bond donors (Lipinski definition) is 1. The van der Waals surface area contributed by atoms with Gasteiger partial charge in [0.05, 0.1) is 17.8 Å². The van der Waals surface area contributed by atoms with E-state index in [1.165, 1.54) is 30.0 Å². The molecule has 0 aromatic heterocycles. The molecule has 114 valence electrons. The third-order valence-electron chi connectivity index (χ3n) is 3.99. The minimum absolute atomic E-state index is 0.116. The van der Waals surface area contributed by atoms with Gasteiger partial charge in [-0.2, -0.15) is 0 Å². The van der Waals surface area contributed by atoms with Crippen LogP contribution in [0.1, 0.15) is 29.6 Å². The first-order valence-corrected chi connectivity index (χ1v) is 7.87. The largest absolute Gasteiger partial charge is 0.478 e. The maximum atomic E-state index is 13.9. The molecule has 4 nitrogen and oxygen atoms in total. The van der Waals surface area contributed by atoms with Crippen LogP contribution in [-0.4, -0.2) is 41.7 Å². The first-order chi connectivity index (χ1) is 10.1. The molecule has 1 aromatic carbocycles. The van der Waals surface area contributed by atoms with E-state index in [1.54, 1.807) is 0 Å². The Morgan fingerprint density at radius 3 is 3.00 bits per heavy atom. The van der Waals surface area contributed by atoms with Gasteiger partial charge < -0.3 is 14.6 Å². The Kier molecular flexibility index (Phi) is 4.19. The van der Waals surface area contributed by atoms with Crippen molar-refractivity contribution in [2.45, 2.75) is 35.0 Å². The second kappa shape index (κ2) is 5.94. The molecule has 2 fully saturated rings. The number of aromatic carboxylic acids is 1.